The Morgan fingerprint density at radius 2 is 2.19 bits per heavy atom. The van der Waals surface area contributed by atoms with E-state index in [0.717, 1.165) is 12.6 Å². The molecular formula is C15H19ClFNO3. The normalized spacial score (nSPS) is 25.6. The van der Waals surface area contributed by atoms with Crippen LogP contribution in [0.4, 0.5) is 4.39 Å². The second-order valence-electron chi connectivity index (χ2n) is 5.45. The minimum Gasteiger partial charge on any atom is -0.462 e. The van der Waals surface area contributed by atoms with E-state index >= 15 is 0 Å². The minimum atomic E-state index is -1.32. The van der Waals surface area contributed by atoms with Gasteiger partial charge in [-0.1, -0.05) is 18.5 Å². The summed E-state index contributed by atoms with van der Waals surface area (Å²) in [6, 6.07) is 0. The molecule has 0 radical (unpaired) electrons. The Morgan fingerprint density at radius 1 is 1.52 bits per heavy atom. The van der Waals surface area contributed by atoms with Crippen molar-refractivity contribution in [1.29, 1.82) is 0 Å². The van der Waals surface area contributed by atoms with Crippen molar-refractivity contribution < 1.29 is 19.0 Å². The Balaban J connectivity index is 2.04. The lowest BCUT2D eigenvalue weighted by Gasteiger charge is -2.36. The van der Waals surface area contributed by atoms with Gasteiger partial charge in [0.1, 0.15) is 11.9 Å². The number of esters is 1. The molecule has 0 saturated heterocycles. The number of rotatable bonds is 4. The molecule has 0 bridgehead atoms. The minimum absolute atomic E-state index is 0.0949. The molecule has 6 heteroatoms. The number of pyridine rings is 1. The van der Waals surface area contributed by atoms with Gasteiger partial charge in [0.15, 0.2) is 0 Å². The highest BCUT2D eigenvalue weighted by Crippen LogP contribution is 2.41. The molecule has 0 amide bonds. The first-order chi connectivity index (χ1) is 9.96. The first kappa shape index (κ1) is 16.2. The number of aromatic nitrogens is 1. The predicted octanol–water partition coefficient (Wildman–Crippen LogP) is 3.35. The molecule has 1 fully saturated rings. The molecule has 0 aliphatic heterocycles. The highest BCUT2D eigenvalue weighted by molar-refractivity contribution is 6.31. The summed E-state index contributed by atoms with van der Waals surface area (Å²) in [6.07, 6.45) is 4.88. The first-order valence-electron chi connectivity index (χ1n) is 7.17. The second kappa shape index (κ2) is 6.71. The van der Waals surface area contributed by atoms with E-state index in [0.29, 0.717) is 32.1 Å². The Morgan fingerprint density at radius 3 is 2.76 bits per heavy atom. The van der Waals surface area contributed by atoms with Crippen molar-refractivity contribution in [2.24, 2.45) is 0 Å². The van der Waals surface area contributed by atoms with Crippen LogP contribution in [0.15, 0.2) is 12.4 Å². The van der Waals surface area contributed by atoms with Crippen molar-refractivity contribution in [1.82, 2.24) is 4.98 Å². The van der Waals surface area contributed by atoms with Gasteiger partial charge in [-0.15, -0.1) is 0 Å². The quantitative estimate of drug-likeness (QED) is 0.866. The molecule has 1 heterocycles. The van der Waals surface area contributed by atoms with Crippen LogP contribution in [0.25, 0.3) is 0 Å². The predicted molar refractivity (Wildman–Crippen MR) is 76.4 cm³/mol. The summed E-state index contributed by atoms with van der Waals surface area (Å²) in [7, 11) is 0. The highest BCUT2D eigenvalue weighted by Gasteiger charge is 2.39. The van der Waals surface area contributed by atoms with Crippen molar-refractivity contribution in [3.63, 3.8) is 0 Å². The molecule has 1 aromatic heterocycles. The third kappa shape index (κ3) is 3.71. The number of carbonyl (C=O) groups is 1. The van der Waals surface area contributed by atoms with Gasteiger partial charge in [-0.3, -0.25) is 9.78 Å². The Bertz CT molecular complexity index is 495. The number of carbonyl (C=O) groups excluding carboxylic acids is 1. The van der Waals surface area contributed by atoms with Crippen LogP contribution in [0.1, 0.15) is 51.0 Å². The lowest BCUT2D eigenvalue weighted by Crippen LogP contribution is -2.36. The number of ether oxygens (including phenoxy) is 1. The van der Waals surface area contributed by atoms with Crippen LogP contribution in [0.3, 0.4) is 0 Å². The van der Waals surface area contributed by atoms with Gasteiger partial charge >= 0.3 is 5.97 Å². The average Bonchev–Trinajstić information content (AvgIpc) is 2.42. The van der Waals surface area contributed by atoms with E-state index in [2.05, 4.69) is 4.98 Å². The number of hydrogen-bond donors (Lipinski definition) is 1. The number of aliphatic hydroxyl groups is 1. The fraction of sp³-hybridized carbons (Fsp3) is 0.600. The molecule has 0 unspecified atom stereocenters. The van der Waals surface area contributed by atoms with Gasteiger partial charge in [0, 0.05) is 18.2 Å². The van der Waals surface area contributed by atoms with Gasteiger partial charge in [-0.25, -0.2) is 4.39 Å². The van der Waals surface area contributed by atoms with Gasteiger partial charge in [0.05, 0.1) is 16.8 Å². The zero-order valence-corrected chi connectivity index (χ0v) is 12.7. The summed E-state index contributed by atoms with van der Waals surface area (Å²) in [4.78, 5) is 15.1. The maximum absolute atomic E-state index is 13.9. The molecular weight excluding hydrogens is 297 g/mol. The summed E-state index contributed by atoms with van der Waals surface area (Å²) in [6.45, 7) is 1.91. The standard InChI is InChI=1S/C15H19ClFNO3/c1-2-3-13(19)21-10-4-6-15(20,7-5-10)14-11(16)8-18-9-12(14)17/h8-10,20H,2-7H2,1H3. The van der Waals surface area contributed by atoms with Gasteiger partial charge in [0.25, 0.3) is 0 Å². The number of hydrogen-bond acceptors (Lipinski definition) is 4. The summed E-state index contributed by atoms with van der Waals surface area (Å²) in [5.41, 5.74) is -1.23. The lowest BCUT2D eigenvalue weighted by atomic mass is 9.78. The van der Waals surface area contributed by atoms with Crippen LogP contribution in [-0.2, 0) is 15.1 Å². The summed E-state index contributed by atoms with van der Waals surface area (Å²) in [5.74, 6) is -0.826. The van der Waals surface area contributed by atoms with E-state index in [1.54, 1.807) is 0 Å². The van der Waals surface area contributed by atoms with E-state index in [-0.39, 0.29) is 22.7 Å². The van der Waals surface area contributed by atoms with Crippen molar-refractivity contribution in [2.75, 3.05) is 0 Å². The third-order valence-electron chi connectivity index (χ3n) is 3.83. The zero-order chi connectivity index (χ0) is 15.5. The molecule has 4 nitrogen and oxygen atoms in total. The summed E-state index contributed by atoms with van der Waals surface area (Å²) >= 11 is 5.97. The van der Waals surface area contributed by atoms with E-state index < -0.39 is 11.4 Å². The molecule has 21 heavy (non-hydrogen) atoms. The summed E-state index contributed by atoms with van der Waals surface area (Å²) in [5, 5.41) is 10.8. The lowest BCUT2D eigenvalue weighted by molar-refractivity contribution is -0.154. The molecule has 1 N–H and O–H groups in total. The number of nitrogens with zero attached hydrogens (tertiary/aromatic N) is 1. The molecule has 1 aromatic rings. The van der Waals surface area contributed by atoms with Gasteiger partial charge in [-0.2, -0.15) is 0 Å². The SMILES string of the molecule is CCCC(=O)OC1CCC(O)(c2c(F)cncc2Cl)CC1. The fourth-order valence-corrected chi connectivity index (χ4v) is 3.06. The van der Waals surface area contributed by atoms with Crippen molar-refractivity contribution in [3.05, 3.63) is 28.8 Å². The van der Waals surface area contributed by atoms with Crippen LogP contribution in [-0.4, -0.2) is 22.2 Å². The van der Waals surface area contributed by atoms with Gasteiger partial charge in [-0.05, 0) is 32.1 Å². The molecule has 0 spiro atoms. The first-order valence-corrected chi connectivity index (χ1v) is 7.55. The third-order valence-corrected chi connectivity index (χ3v) is 4.12. The highest BCUT2D eigenvalue weighted by atomic mass is 35.5. The van der Waals surface area contributed by atoms with Crippen LogP contribution in [0, 0.1) is 5.82 Å². The van der Waals surface area contributed by atoms with E-state index in [9.17, 15) is 14.3 Å². The summed E-state index contributed by atoms with van der Waals surface area (Å²) < 4.78 is 19.2. The Labute approximate surface area is 128 Å². The van der Waals surface area contributed by atoms with E-state index in [1.807, 2.05) is 6.92 Å². The van der Waals surface area contributed by atoms with Crippen LogP contribution in [0.5, 0.6) is 0 Å². The smallest absolute Gasteiger partial charge is 0.306 e. The topological polar surface area (TPSA) is 59.4 Å². The van der Waals surface area contributed by atoms with Crippen molar-refractivity contribution in [2.45, 2.75) is 57.2 Å². The van der Waals surface area contributed by atoms with Crippen LogP contribution in [0.2, 0.25) is 5.02 Å². The maximum Gasteiger partial charge on any atom is 0.306 e. The molecule has 0 aromatic carbocycles. The van der Waals surface area contributed by atoms with E-state index in [1.165, 1.54) is 6.20 Å². The van der Waals surface area contributed by atoms with Gasteiger partial charge in [0.2, 0.25) is 0 Å². The largest absolute Gasteiger partial charge is 0.462 e. The second-order valence-corrected chi connectivity index (χ2v) is 5.86. The molecule has 1 saturated carbocycles. The zero-order valence-electron chi connectivity index (χ0n) is 11.9. The van der Waals surface area contributed by atoms with Crippen LogP contribution >= 0.6 is 11.6 Å². The van der Waals surface area contributed by atoms with Crippen LogP contribution < -0.4 is 0 Å². The Hall–Kier alpha value is -1.20. The monoisotopic (exact) mass is 315 g/mol. The average molecular weight is 316 g/mol. The molecule has 0 atom stereocenters. The van der Waals surface area contributed by atoms with Gasteiger partial charge < -0.3 is 9.84 Å². The van der Waals surface area contributed by atoms with Crippen molar-refractivity contribution in [3.8, 4) is 0 Å². The molecule has 116 valence electrons. The molecule has 1 aliphatic rings. The van der Waals surface area contributed by atoms with Crippen molar-refractivity contribution >= 4 is 17.6 Å². The van der Waals surface area contributed by atoms with E-state index in [4.69, 9.17) is 16.3 Å². The molecule has 2 rings (SSSR count). The number of halogens is 2. The molecule has 1 aliphatic carbocycles. The maximum atomic E-state index is 13.9. The Kier molecular flexibility index (Phi) is 5.17. The fourth-order valence-electron chi connectivity index (χ4n) is 2.74.